The normalized spacial score (nSPS) is 14.9. The minimum absolute atomic E-state index is 0.0738. The first kappa shape index (κ1) is 27.2. The number of amides is 1. The second-order valence-electron chi connectivity index (χ2n) is 8.32. The summed E-state index contributed by atoms with van der Waals surface area (Å²) in [5.41, 5.74) is -2.75. The van der Waals surface area contributed by atoms with Crippen LogP contribution in [0, 0.1) is 11.3 Å². The number of aryl methyl sites for hydroxylation is 1. The molecular formula is C21H15ClF7N7O2. The Balaban J connectivity index is 1.75. The van der Waals surface area contributed by atoms with E-state index in [-0.39, 0.29) is 21.8 Å². The molecule has 1 fully saturated rings. The number of hydrogen-bond donors (Lipinski definition) is 0. The third-order valence-corrected chi connectivity index (χ3v) is 6.22. The molecule has 38 heavy (non-hydrogen) atoms. The molecule has 0 spiro atoms. The Morgan fingerprint density at radius 3 is 2.45 bits per heavy atom. The number of nitrogens with zero attached hydrogens (tertiary/aromatic N) is 7. The number of carbonyl (C=O) groups is 1. The van der Waals surface area contributed by atoms with E-state index in [0.717, 1.165) is 19.4 Å². The monoisotopic (exact) mass is 565 g/mol. The van der Waals surface area contributed by atoms with Gasteiger partial charge in [-0.25, -0.2) is 14.3 Å². The van der Waals surface area contributed by atoms with Crippen molar-refractivity contribution in [2.75, 3.05) is 7.05 Å². The van der Waals surface area contributed by atoms with Crippen LogP contribution < -0.4 is 4.74 Å². The van der Waals surface area contributed by atoms with E-state index in [1.54, 1.807) is 0 Å². The SMILES string of the molecule is CN(C(=O)c1cc(-c2cnn(-c3c(OC(F)F)c(C(F)(F)C(F)(F)F)nn3C)c2)cnc1Cl)C1(C#N)CC1. The minimum Gasteiger partial charge on any atom is -0.428 e. The van der Waals surface area contributed by atoms with Gasteiger partial charge in [0.1, 0.15) is 10.7 Å². The van der Waals surface area contributed by atoms with E-state index in [1.807, 2.05) is 0 Å². The number of rotatable bonds is 7. The van der Waals surface area contributed by atoms with Gasteiger partial charge in [-0.05, 0) is 18.9 Å². The first-order valence-electron chi connectivity index (χ1n) is 10.5. The average molecular weight is 566 g/mol. The van der Waals surface area contributed by atoms with Crippen LogP contribution in [0.3, 0.4) is 0 Å². The van der Waals surface area contributed by atoms with Crippen molar-refractivity contribution in [3.05, 3.63) is 41.1 Å². The van der Waals surface area contributed by atoms with Gasteiger partial charge in [0.15, 0.2) is 17.3 Å². The van der Waals surface area contributed by atoms with E-state index in [2.05, 4.69) is 26.0 Å². The summed E-state index contributed by atoms with van der Waals surface area (Å²) in [5.74, 6) is -8.50. The van der Waals surface area contributed by atoms with Gasteiger partial charge in [-0.15, -0.1) is 0 Å². The lowest BCUT2D eigenvalue weighted by atomic mass is 10.1. The van der Waals surface area contributed by atoms with Gasteiger partial charge in [0.25, 0.3) is 5.91 Å². The van der Waals surface area contributed by atoms with Crippen LogP contribution in [0.15, 0.2) is 24.7 Å². The number of nitriles is 1. The van der Waals surface area contributed by atoms with Gasteiger partial charge in [-0.1, -0.05) is 11.6 Å². The molecule has 3 aromatic heterocycles. The van der Waals surface area contributed by atoms with E-state index in [1.165, 1.54) is 24.2 Å². The molecule has 1 aliphatic rings. The maximum atomic E-state index is 14.1. The molecule has 0 radical (unpaired) electrons. The zero-order valence-electron chi connectivity index (χ0n) is 19.3. The smallest absolute Gasteiger partial charge is 0.428 e. The summed E-state index contributed by atoms with van der Waals surface area (Å²) < 4.78 is 98.2. The van der Waals surface area contributed by atoms with E-state index in [0.29, 0.717) is 22.2 Å². The zero-order chi connectivity index (χ0) is 28.2. The molecule has 0 aliphatic heterocycles. The van der Waals surface area contributed by atoms with Crippen molar-refractivity contribution in [2.24, 2.45) is 7.05 Å². The van der Waals surface area contributed by atoms with Crippen LogP contribution in [-0.4, -0.2) is 60.7 Å². The first-order valence-corrected chi connectivity index (χ1v) is 10.9. The summed E-state index contributed by atoms with van der Waals surface area (Å²) in [6.45, 7) is -3.76. The molecule has 0 bridgehead atoms. The lowest BCUT2D eigenvalue weighted by Gasteiger charge is -2.22. The largest absolute Gasteiger partial charge is 0.459 e. The molecule has 3 aromatic rings. The van der Waals surface area contributed by atoms with Crippen molar-refractivity contribution in [1.29, 1.82) is 5.26 Å². The highest BCUT2D eigenvalue weighted by atomic mass is 35.5. The predicted molar refractivity (Wildman–Crippen MR) is 115 cm³/mol. The summed E-state index contributed by atoms with van der Waals surface area (Å²) in [7, 11) is 2.37. The van der Waals surface area contributed by atoms with Crippen LogP contribution in [0.4, 0.5) is 30.7 Å². The van der Waals surface area contributed by atoms with Gasteiger partial charge in [-0.3, -0.25) is 4.79 Å². The molecule has 1 amide bonds. The fourth-order valence-corrected chi connectivity index (χ4v) is 3.83. The van der Waals surface area contributed by atoms with Gasteiger partial charge < -0.3 is 9.64 Å². The Kier molecular flexibility index (Phi) is 6.54. The van der Waals surface area contributed by atoms with Crippen LogP contribution in [0.25, 0.3) is 16.9 Å². The minimum atomic E-state index is -6.15. The summed E-state index contributed by atoms with van der Waals surface area (Å²) in [6, 6.07) is 3.38. The number of pyridine rings is 1. The molecule has 0 aromatic carbocycles. The summed E-state index contributed by atoms with van der Waals surface area (Å²) in [6.07, 6.45) is -1.77. The van der Waals surface area contributed by atoms with Crippen LogP contribution in [0.2, 0.25) is 5.15 Å². The second-order valence-corrected chi connectivity index (χ2v) is 8.68. The van der Waals surface area contributed by atoms with Gasteiger partial charge in [0.2, 0.25) is 0 Å². The highest BCUT2D eigenvalue weighted by Crippen LogP contribution is 2.48. The van der Waals surface area contributed by atoms with Gasteiger partial charge in [0, 0.05) is 37.6 Å². The fourth-order valence-electron chi connectivity index (χ4n) is 3.64. The van der Waals surface area contributed by atoms with Crippen LogP contribution in [0.5, 0.6) is 5.75 Å². The van der Waals surface area contributed by atoms with Crippen molar-refractivity contribution in [2.45, 2.75) is 37.1 Å². The number of carbonyl (C=O) groups excluding carboxylic acids is 1. The molecule has 1 saturated carbocycles. The molecule has 0 saturated heterocycles. The molecular weight excluding hydrogens is 551 g/mol. The molecule has 0 N–H and O–H groups in total. The summed E-state index contributed by atoms with van der Waals surface area (Å²) in [4.78, 5) is 18.1. The molecule has 3 heterocycles. The standard InChI is InChI=1S/C21H15ClF7N7O2/c1-34(19(9-30)3-4-19)17(37)12-5-10(6-31-15(12)22)11-7-32-36(8-11)16-13(38-18(23)24)14(33-35(16)2)20(25,26)21(27,28)29/h5-8,18H,3-4H2,1-2H3. The first-order chi connectivity index (χ1) is 17.6. The Morgan fingerprint density at radius 1 is 1.24 bits per heavy atom. The third kappa shape index (κ3) is 4.51. The second kappa shape index (κ2) is 9.15. The van der Waals surface area contributed by atoms with Crippen LogP contribution in [0.1, 0.15) is 28.9 Å². The Morgan fingerprint density at radius 2 is 1.89 bits per heavy atom. The Labute approximate surface area is 214 Å². The van der Waals surface area contributed by atoms with Crippen molar-refractivity contribution in [3.8, 4) is 28.8 Å². The molecule has 17 heteroatoms. The molecule has 0 atom stereocenters. The number of alkyl halides is 7. The van der Waals surface area contributed by atoms with Crippen molar-refractivity contribution < 1.29 is 40.3 Å². The van der Waals surface area contributed by atoms with Gasteiger partial charge in [-0.2, -0.15) is 46.2 Å². The number of halogens is 8. The number of aromatic nitrogens is 5. The van der Waals surface area contributed by atoms with E-state index in [9.17, 15) is 40.8 Å². The lowest BCUT2D eigenvalue weighted by Crippen LogP contribution is -2.38. The average Bonchev–Trinajstić information content (AvgIpc) is 3.37. The van der Waals surface area contributed by atoms with Crippen molar-refractivity contribution >= 4 is 17.5 Å². The topological polar surface area (TPSA) is 102 Å². The number of ether oxygens (including phenoxy) is 1. The third-order valence-electron chi connectivity index (χ3n) is 5.92. The predicted octanol–water partition coefficient (Wildman–Crippen LogP) is 4.70. The van der Waals surface area contributed by atoms with Crippen molar-refractivity contribution in [3.63, 3.8) is 0 Å². The van der Waals surface area contributed by atoms with E-state index < -0.39 is 47.4 Å². The highest BCUT2D eigenvalue weighted by Gasteiger charge is 2.62. The quantitative estimate of drug-likeness (QED) is 0.304. The van der Waals surface area contributed by atoms with E-state index in [4.69, 9.17) is 11.6 Å². The lowest BCUT2D eigenvalue weighted by molar-refractivity contribution is -0.291. The number of hydrogen-bond acceptors (Lipinski definition) is 6. The molecule has 202 valence electrons. The Bertz CT molecular complexity index is 1440. The molecule has 4 rings (SSSR count). The molecule has 0 unspecified atom stereocenters. The highest BCUT2D eigenvalue weighted by molar-refractivity contribution is 6.32. The summed E-state index contributed by atoms with van der Waals surface area (Å²) in [5, 5.41) is 16.1. The maximum absolute atomic E-state index is 14.1. The summed E-state index contributed by atoms with van der Waals surface area (Å²) >= 11 is 6.09. The zero-order valence-corrected chi connectivity index (χ0v) is 20.0. The fraction of sp³-hybridized carbons (Fsp3) is 0.381. The van der Waals surface area contributed by atoms with E-state index >= 15 is 0 Å². The Hall–Kier alpha value is -3.87. The van der Waals surface area contributed by atoms with Crippen LogP contribution >= 0.6 is 11.6 Å². The van der Waals surface area contributed by atoms with Crippen molar-refractivity contribution in [1.82, 2.24) is 29.4 Å². The maximum Gasteiger partial charge on any atom is 0.459 e. The van der Waals surface area contributed by atoms with Gasteiger partial charge >= 0.3 is 18.7 Å². The van der Waals surface area contributed by atoms with Gasteiger partial charge in [0.05, 0.1) is 17.8 Å². The van der Waals surface area contributed by atoms with Crippen LogP contribution in [-0.2, 0) is 13.0 Å². The molecule has 1 aliphatic carbocycles. The molecule has 9 nitrogen and oxygen atoms in total.